The molecule has 0 amide bonds. The van der Waals surface area contributed by atoms with Crippen LogP contribution in [0.25, 0.3) is 0 Å². The molecule has 4 rings (SSSR count). The van der Waals surface area contributed by atoms with Crippen LogP contribution in [-0.4, -0.2) is 31.1 Å². The van der Waals surface area contributed by atoms with Gasteiger partial charge in [0.15, 0.2) is 0 Å². The molecule has 1 aliphatic carbocycles. The average molecular weight is 257 g/mol. The average Bonchev–Trinajstić information content (AvgIpc) is 3.08. The highest BCUT2D eigenvalue weighted by molar-refractivity contribution is 5.48. The Kier molecular flexibility index (Phi) is 2.80. The van der Waals surface area contributed by atoms with E-state index in [9.17, 15) is 0 Å². The lowest BCUT2D eigenvalue weighted by Crippen LogP contribution is -2.27. The van der Waals surface area contributed by atoms with E-state index < -0.39 is 0 Å². The molecule has 102 valence electrons. The van der Waals surface area contributed by atoms with E-state index in [1.54, 1.807) is 11.1 Å². The molecule has 3 aliphatic rings. The zero-order valence-electron chi connectivity index (χ0n) is 11.8. The lowest BCUT2D eigenvalue weighted by molar-refractivity contribution is 0.256. The van der Waals surface area contributed by atoms with Crippen molar-refractivity contribution in [2.45, 2.75) is 50.0 Å². The third kappa shape index (κ3) is 2.06. The zero-order chi connectivity index (χ0) is 12.8. The number of hydrogen-bond acceptors (Lipinski definition) is 2. The lowest BCUT2D eigenvalue weighted by atomic mass is 9.88. The summed E-state index contributed by atoms with van der Waals surface area (Å²) >= 11 is 0. The van der Waals surface area contributed by atoms with E-state index in [4.69, 9.17) is 4.74 Å². The normalized spacial score (nSPS) is 30.4. The summed E-state index contributed by atoms with van der Waals surface area (Å²) in [5.41, 5.74) is 3.16. The van der Waals surface area contributed by atoms with Gasteiger partial charge in [0.2, 0.25) is 0 Å². The van der Waals surface area contributed by atoms with Crippen LogP contribution in [-0.2, 0) is 0 Å². The summed E-state index contributed by atoms with van der Waals surface area (Å²) in [6.45, 7) is 2.18. The van der Waals surface area contributed by atoms with Crippen LogP contribution < -0.4 is 4.74 Å². The predicted octanol–water partition coefficient (Wildman–Crippen LogP) is 3.52. The Balaban J connectivity index is 1.60. The van der Waals surface area contributed by atoms with Crippen molar-refractivity contribution >= 4 is 0 Å². The molecular weight excluding hydrogens is 234 g/mol. The van der Waals surface area contributed by atoms with Crippen molar-refractivity contribution in [3.63, 3.8) is 0 Å². The van der Waals surface area contributed by atoms with Crippen LogP contribution in [0.5, 0.6) is 5.75 Å². The van der Waals surface area contributed by atoms with Gasteiger partial charge in [0.25, 0.3) is 0 Å². The van der Waals surface area contributed by atoms with E-state index in [0.29, 0.717) is 5.92 Å². The van der Waals surface area contributed by atoms with E-state index in [0.717, 1.165) is 18.6 Å². The van der Waals surface area contributed by atoms with E-state index in [2.05, 4.69) is 30.1 Å². The largest absolute Gasteiger partial charge is 0.493 e. The molecule has 0 spiro atoms. The van der Waals surface area contributed by atoms with Crippen molar-refractivity contribution in [1.29, 1.82) is 0 Å². The Hall–Kier alpha value is -1.02. The van der Waals surface area contributed by atoms with Crippen LogP contribution >= 0.6 is 0 Å². The number of hydrogen-bond donors (Lipinski definition) is 0. The first kappa shape index (κ1) is 11.8. The lowest BCUT2D eigenvalue weighted by Gasteiger charge is -2.23. The minimum atomic E-state index is 0.636. The highest BCUT2D eigenvalue weighted by Crippen LogP contribution is 2.49. The van der Waals surface area contributed by atoms with E-state index >= 15 is 0 Å². The maximum atomic E-state index is 5.96. The molecule has 19 heavy (non-hydrogen) atoms. The second-order valence-corrected chi connectivity index (χ2v) is 6.55. The van der Waals surface area contributed by atoms with Crippen LogP contribution in [0.2, 0.25) is 0 Å². The Labute approximate surface area is 115 Å². The Morgan fingerprint density at radius 2 is 2.16 bits per heavy atom. The van der Waals surface area contributed by atoms with Gasteiger partial charge in [-0.25, -0.2) is 0 Å². The summed E-state index contributed by atoms with van der Waals surface area (Å²) in [6.07, 6.45) is 6.78. The quantitative estimate of drug-likeness (QED) is 0.821. The molecule has 2 heterocycles. The van der Waals surface area contributed by atoms with Crippen molar-refractivity contribution in [3.8, 4) is 5.75 Å². The topological polar surface area (TPSA) is 12.5 Å². The van der Waals surface area contributed by atoms with Gasteiger partial charge in [-0.2, -0.15) is 0 Å². The monoisotopic (exact) mass is 257 g/mol. The van der Waals surface area contributed by atoms with Crippen LogP contribution in [0.1, 0.15) is 55.1 Å². The SMILES string of the molecule is CN1CCC[C@@H]1C[C@@H]1COc2cccc(C3CC3)c21. The zero-order valence-corrected chi connectivity index (χ0v) is 11.8. The standard InChI is InChI=1S/C17H23NO/c1-18-9-3-4-14(18)10-13-11-19-16-6-2-5-15(17(13)16)12-7-8-12/h2,5-6,12-14H,3-4,7-11H2,1H3/t13-,14-/m1/s1. The van der Waals surface area contributed by atoms with Crippen molar-refractivity contribution in [3.05, 3.63) is 29.3 Å². The molecule has 1 saturated heterocycles. The van der Waals surface area contributed by atoms with E-state index in [1.165, 1.54) is 44.4 Å². The van der Waals surface area contributed by atoms with Gasteiger partial charge in [0.05, 0.1) is 6.61 Å². The van der Waals surface area contributed by atoms with E-state index in [1.807, 2.05) is 0 Å². The van der Waals surface area contributed by atoms with Gasteiger partial charge in [-0.1, -0.05) is 12.1 Å². The molecule has 0 radical (unpaired) electrons. The minimum Gasteiger partial charge on any atom is -0.493 e. The van der Waals surface area contributed by atoms with Gasteiger partial charge >= 0.3 is 0 Å². The number of ether oxygens (including phenoxy) is 1. The molecule has 2 nitrogen and oxygen atoms in total. The summed E-state index contributed by atoms with van der Waals surface area (Å²) in [4.78, 5) is 2.54. The minimum absolute atomic E-state index is 0.636. The Morgan fingerprint density at radius 1 is 1.26 bits per heavy atom. The second-order valence-electron chi connectivity index (χ2n) is 6.55. The van der Waals surface area contributed by atoms with Gasteiger partial charge < -0.3 is 9.64 Å². The number of fused-ring (bicyclic) bond motifs is 1. The van der Waals surface area contributed by atoms with Gasteiger partial charge in [-0.3, -0.25) is 0 Å². The first-order valence-electron chi connectivity index (χ1n) is 7.79. The van der Waals surface area contributed by atoms with Crippen LogP contribution in [0.3, 0.4) is 0 Å². The summed E-state index contributed by atoms with van der Waals surface area (Å²) in [7, 11) is 2.28. The van der Waals surface area contributed by atoms with Gasteiger partial charge in [0, 0.05) is 17.5 Å². The molecule has 1 aromatic carbocycles. The first-order valence-corrected chi connectivity index (χ1v) is 7.79. The smallest absolute Gasteiger partial charge is 0.123 e. The molecule has 2 fully saturated rings. The molecule has 1 saturated carbocycles. The molecular formula is C17H23NO. The third-order valence-corrected chi connectivity index (χ3v) is 5.19. The van der Waals surface area contributed by atoms with Crippen molar-refractivity contribution < 1.29 is 4.74 Å². The van der Waals surface area contributed by atoms with E-state index in [-0.39, 0.29) is 0 Å². The Bertz CT molecular complexity index is 480. The summed E-state index contributed by atoms with van der Waals surface area (Å²) in [5, 5.41) is 0. The predicted molar refractivity (Wildman–Crippen MR) is 76.9 cm³/mol. The first-order chi connectivity index (χ1) is 9.33. The molecule has 1 aromatic rings. The maximum absolute atomic E-state index is 5.96. The highest BCUT2D eigenvalue weighted by Gasteiger charge is 2.35. The molecule has 0 N–H and O–H groups in total. The van der Waals surface area contributed by atoms with Crippen molar-refractivity contribution in [1.82, 2.24) is 4.90 Å². The number of rotatable bonds is 3. The number of likely N-dealkylation sites (tertiary alicyclic amines) is 1. The maximum Gasteiger partial charge on any atom is 0.123 e. The molecule has 0 unspecified atom stereocenters. The molecule has 2 atom stereocenters. The number of benzene rings is 1. The fraction of sp³-hybridized carbons (Fsp3) is 0.647. The molecule has 2 heteroatoms. The fourth-order valence-corrected chi connectivity index (χ4v) is 3.94. The third-order valence-electron chi connectivity index (χ3n) is 5.19. The van der Waals surface area contributed by atoms with Gasteiger partial charge in [0.1, 0.15) is 5.75 Å². The van der Waals surface area contributed by atoms with Gasteiger partial charge in [-0.05, 0) is 63.2 Å². The summed E-state index contributed by atoms with van der Waals surface area (Å²) in [6, 6.07) is 7.46. The van der Waals surface area contributed by atoms with Crippen molar-refractivity contribution in [2.75, 3.05) is 20.2 Å². The van der Waals surface area contributed by atoms with Crippen LogP contribution in [0.15, 0.2) is 18.2 Å². The molecule has 0 bridgehead atoms. The Morgan fingerprint density at radius 3 is 2.89 bits per heavy atom. The highest BCUT2D eigenvalue weighted by atomic mass is 16.5. The van der Waals surface area contributed by atoms with Gasteiger partial charge in [-0.15, -0.1) is 0 Å². The van der Waals surface area contributed by atoms with Crippen LogP contribution in [0.4, 0.5) is 0 Å². The summed E-state index contributed by atoms with van der Waals surface area (Å²) in [5.74, 6) is 2.65. The van der Waals surface area contributed by atoms with Crippen LogP contribution in [0, 0.1) is 0 Å². The number of nitrogens with zero attached hydrogens (tertiary/aromatic N) is 1. The summed E-state index contributed by atoms with van der Waals surface area (Å²) < 4.78 is 5.96. The molecule has 2 aliphatic heterocycles. The second kappa shape index (κ2) is 4.52. The fourth-order valence-electron chi connectivity index (χ4n) is 3.94. The molecule has 0 aromatic heterocycles. The van der Waals surface area contributed by atoms with Crippen molar-refractivity contribution in [2.24, 2.45) is 0 Å².